The van der Waals surface area contributed by atoms with Crippen molar-refractivity contribution in [3.63, 3.8) is 0 Å². The molecule has 1 N–H and O–H groups in total. The minimum Gasteiger partial charge on any atom is -0.467 e. The standard InChI is InChI=1S/C25H26N4O5/c30-22(26-16-20-8-4-14-33-20)17-28-18-29(19-6-2-1-3-7-19)25(24(28)32)10-12-27(13-11-25)23(31)21-9-5-15-34-21/h1-9,14-15H,10-13,16-18H2,(H,26,30). The number of hydrogen-bond acceptors (Lipinski definition) is 6. The molecule has 176 valence electrons. The monoisotopic (exact) mass is 462 g/mol. The van der Waals surface area contributed by atoms with E-state index in [4.69, 9.17) is 8.83 Å². The summed E-state index contributed by atoms with van der Waals surface area (Å²) in [5.74, 6) is 0.432. The van der Waals surface area contributed by atoms with Gasteiger partial charge in [0.05, 0.1) is 25.7 Å². The summed E-state index contributed by atoms with van der Waals surface area (Å²) in [5.41, 5.74) is 0.114. The Hall–Kier alpha value is -4.01. The third kappa shape index (κ3) is 4.05. The maximum atomic E-state index is 13.7. The molecule has 2 fully saturated rings. The van der Waals surface area contributed by atoms with Crippen molar-refractivity contribution in [3.05, 3.63) is 78.6 Å². The number of furan rings is 2. The number of likely N-dealkylation sites (tertiary alicyclic amines) is 1. The molecule has 1 spiro atoms. The van der Waals surface area contributed by atoms with Crippen LogP contribution in [0, 0.1) is 0 Å². The van der Waals surface area contributed by atoms with Gasteiger partial charge in [0.1, 0.15) is 17.8 Å². The number of para-hydroxylation sites is 1. The lowest BCUT2D eigenvalue weighted by atomic mass is 9.85. The van der Waals surface area contributed by atoms with Gasteiger partial charge in [-0.1, -0.05) is 18.2 Å². The summed E-state index contributed by atoms with van der Waals surface area (Å²) in [4.78, 5) is 44.4. The lowest BCUT2D eigenvalue weighted by Crippen LogP contribution is -2.57. The Kier molecular flexibility index (Phi) is 5.83. The van der Waals surface area contributed by atoms with Gasteiger partial charge in [-0.05, 0) is 49.2 Å². The predicted octanol–water partition coefficient (Wildman–Crippen LogP) is 2.47. The molecule has 0 atom stereocenters. The summed E-state index contributed by atoms with van der Waals surface area (Å²) in [7, 11) is 0. The normalized spacial score (nSPS) is 17.4. The maximum Gasteiger partial charge on any atom is 0.289 e. The molecule has 9 nitrogen and oxygen atoms in total. The van der Waals surface area contributed by atoms with E-state index < -0.39 is 5.54 Å². The smallest absolute Gasteiger partial charge is 0.289 e. The lowest BCUT2D eigenvalue weighted by Gasteiger charge is -2.43. The van der Waals surface area contributed by atoms with Gasteiger partial charge in [0.25, 0.3) is 11.8 Å². The van der Waals surface area contributed by atoms with E-state index in [9.17, 15) is 14.4 Å². The molecule has 0 saturated carbocycles. The summed E-state index contributed by atoms with van der Waals surface area (Å²) in [6.07, 6.45) is 3.97. The fraction of sp³-hybridized carbons (Fsp3) is 0.320. The molecule has 3 aromatic rings. The first-order chi connectivity index (χ1) is 16.6. The van der Waals surface area contributed by atoms with Crippen molar-refractivity contribution in [1.29, 1.82) is 0 Å². The number of piperidine rings is 1. The average molecular weight is 463 g/mol. The van der Waals surface area contributed by atoms with Crippen LogP contribution < -0.4 is 10.2 Å². The number of carbonyl (C=O) groups is 3. The van der Waals surface area contributed by atoms with Gasteiger partial charge < -0.3 is 28.9 Å². The Labute approximate surface area is 196 Å². The number of anilines is 1. The molecule has 0 radical (unpaired) electrons. The van der Waals surface area contributed by atoms with Gasteiger partial charge in [-0.25, -0.2) is 0 Å². The highest BCUT2D eigenvalue weighted by atomic mass is 16.3. The molecule has 1 aromatic carbocycles. The first-order valence-electron chi connectivity index (χ1n) is 11.3. The maximum absolute atomic E-state index is 13.7. The Morgan fingerprint density at radius 3 is 2.35 bits per heavy atom. The summed E-state index contributed by atoms with van der Waals surface area (Å²) < 4.78 is 10.5. The number of nitrogens with zero attached hydrogens (tertiary/aromatic N) is 3. The first kappa shape index (κ1) is 21.8. The Bertz CT molecular complexity index is 1140. The van der Waals surface area contributed by atoms with Crippen LogP contribution in [0.15, 0.2) is 76.0 Å². The minimum atomic E-state index is -0.803. The molecule has 3 amide bonds. The van der Waals surface area contributed by atoms with Crippen LogP contribution in [0.3, 0.4) is 0 Å². The molecule has 4 heterocycles. The van der Waals surface area contributed by atoms with Crippen LogP contribution in [-0.4, -0.2) is 59.4 Å². The quantitative estimate of drug-likeness (QED) is 0.604. The number of rotatable bonds is 6. The van der Waals surface area contributed by atoms with Crippen molar-refractivity contribution >= 4 is 23.4 Å². The Morgan fingerprint density at radius 2 is 1.68 bits per heavy atom. The van der Waals surface area contributed by atoms with Crippen LogP contribution in [0.4, 0.5) is 5.69 Å². The lowest BCUT2D eigenvalue weighted by molar-refractivity contribution is -0.137. The molecule has 2 aliphatic heterocycles. The molecule has 5 rings (SSSR count). The molecule has 0 aliphatic carbocycles. The van der Waals surface area contributed by atoms with E-state index in [-0.39, 0.29) is 30.8 Å². The summed E-state index contributed by atoms with van der Waals surface area (Å²) in [5, 5.41) is 2.81. The third-order valence-corrected chi connectivity index (χ3v) is 6.57. The molecular formula is C25H26N4O5. The van der Waals surface area contributed by atoms with E-state index in [1.54, 1.807) is 40.3 Å². The van der Waals surface area contributed by atoms with E-state index in [0.717, 1.165) is 5.69 Å². The SMILES string of the molecule is O=C(CN1CN(c2ccccc2)C2(CCN(C(=O)c3ccco3)CC2)C1=O)NCc1ccco1. The van der Waals surface area contributed by atoms with E-state index >= 15 is 0 Å². The van der Waals surface area contributed by atoms with Gasteiger partial charge in [-0.15, -0.1) is 0 Å². The second-order valence-electron chi connectivity index (χ2n) is 8.57. The van der Waals surface area contributed by atoms with Crippen LogP contribution in [0.25, 0.3) is 0 Å². The van der Waals surface area contributed by atoms with Crippen molar-refractivity contribution in [3.8, 4) is 0 Å². The summed E-state index contributed by atoms with van der Waals surface area (Å²) in [6.45, 7) is 1.38. The number of nitrogens with one attached hydrogen (secondary N) is 1. The zero-order valence-corrected chi connectivity index (χ0v) is 18.7. The van der Waals surface area contributed by atoms with Gasteiger partial charge in [-0.2, -0.15) is 0 Å². The highest BCUT2D eigenvalue weighted by Gasteiger charge is 2.54. The van der Waals surface area contributed by atoms with Crippen molar-refractivity contribution in [1.82, 2.24) is 15.1 Å². The Balaban J connectivity index is 1.31. The minimum absolute atomic E-state index is 0.0420. The van der Waals surface area contributed by atoms with Gasteiger partial charge in [0.2, 0.25) is 5.91 Å². The average Bonchev–Trinajstić information content (AvgIpc) is 3.63. The summed E-state index contributed by atoms with van der Waals surface area (Å²) >= 11 is 0. The topological polar surface area (TPSA) is 99.2 Å². The van der Waals surface area contributed by atoms with Crippen LogP contribution in [-0.2, 0) is 16.1 Å². The molecule has 2 saturated heterocycles. The molecular weight excluding hydrogens is 436 g/mol. The van der Waals surface area contributed by atoms with E-state index in [0.29, 0.717) is 44.1 Å². The zero-order valence-electron chi connectivity index (χ0n) is 18.7. The number of hydrogen-bond donors (Lipinski definition) is 1. The van der Waals surface area contributed by atoms with Gasteiger partial charge >= 0.3 is 0 Å². The van der Waals surface area contributed by atoms with Crippen molar-refractivity contribution in [2.75, 3.05) is 31.2 Å². The van der Waals surface area contributed by atoms with E-state index in [1.807, 2.05) is 30.3 Å². The Morgan fingerprint density at radius 1 is 0.941 bits per heavy atom. The van der Waals surface area contributed by atoms with Gasteiger partial charge in [0, 0.05) is 18.8 Å². The second kappa shape index (κ2) is 9.09. The van der Waals surface area contributed by atoms with Crippen LogP contribution in [0.5, 0.6) is 0 Å². The van der Waals surface area contributed by atoms with Crippen molar-refractivity contribution < 1.29 is 23.2 Å². The molecule has 9 heteroatoms. The van der Waals surface area contributed by atoms with Crippen molar-refractivity contribution in [2.45, 2.75) is 24.9 Å². The van der Waals surface area contributed by atoms with E-state index in [2.05, 4.69) is 10.2 Å². The van der Waals surface area contributed by atoms with Gasteiger partial charge in [0.15, 0.2) is 5.76 Å². The van der Waals surface area contributed by atoms with E-state index in [1.165, 1.54) is 6.26 Å². The number of benzene rings is 1. The third-order valence-electron chi connectivity index (χ3n) is 6.57. The molecule has 2 aromatic heterocycles. The predicted molar refractivity (Wildman–Crippen MR) is 123 cm³/mol. The van der Waals surface area contributed by atoms with Gasteiger partial charge in [-0.3, -0.25) is 14.4 Å². The number of carbonyl (C=O) groups excluding carboxylic acids is 3. The van der Waals surface area contributed by atoms with Crippen molar-refractivity contribution in [2.24, 2.45) is 0 Å². The zero-order chi connectivity index (χ0) is 23.5. The molecule has 0 bridgehead atoms. The highest BCUT2D eigenvalue weighted by Crippen LogP contribution is 2.39. The summed E-state index contributed by atoms with van der Waals surface area (Å²) in [6, 6.07) is 16.6. The first-order valence-corrected chi connectivity index (χ1v) is 11.3. The van der Waals surface area contributed by atoms with Crippen LogP contribution >= 0.6 is 0 Å². The van der Waals surface area contributed by atoms with Crippen LogP contribution in [0.2, 0.25) is 0 Å². The van der Waals surface area contributed by atoms with Crippen LogP contribution in [0.1, 0.15) is 29.2 Å². The second-order valence-corrected chi connectivity index (χ2v) is 8.57. The largest absolute Gasteiger partial charge is 0.467 e. The fourth-order valence-corrected chi connectivity index (χ4v) is 4.79. The fourth-order valence-electron chi connectivity index (χ4n) is 4.79. The highest BCUT2D eigenvalue weighted by molar-refractivity contribution is 5.97. The molecule has 0 unspecified atom stereocenters. The number of amides is 3. The molecule has 34 heavy (non-hydrogen) atoms. The molecule has 2 aliphatic rings.